The standard InChI is InChI=1S/C22H27N3O3/c1-23-22(24-14-17-9-10-26-19-6-4-3-5-18(17)19)25(2)15-16-7-8-20-21(13-16)28-12-11-27-20/h3-8,13,17H,9-12,14-15H2,1-2H3,(H,23,24). The summed E-state index contributed by atoms with van der Waals surface area (Å²) in [4.78, 5) is 6.58. The van der Waals surface area contributed by atoms with E-state index in [9.17, 15) is 0 Å². The van der Waals surface area contributed by atoms with Crippen molar-refractivity contribution >= 4 is 5.96 Å². The molecule has 2 aliphatic rings. The van der Waals surface area contributed by atoms with E-state index in [1.54, 1.807) is 0 Å². The van der Waals surface area contributed by atoms with Crippen LogP contribution in [0.1, 0.15) is 23.5 Å². The third-order valence-electron chi connectivity index (χ3n) is 5.19. The summed E-state index contributed by atoms with van der Waals surface area (Å²) in [5, 5.41) is 3.53. The van der Waals surface area contributed by atoms with Crippen molar-refractivity contribution in [3.63, 3.8) is 0 Å². The molecule has 2 heterocycles. The van der Waals surface area contributed by atoms with E-state index in [2.05, 4.69) is 33.4 Å². The molecule has 0 fully saturated rings. The van der Waals surface area contributed by atoms with Gasteiger partial charge >= 0.3 is 0 Å². The smallest absolute Gasteiger partial charge is 0.193 e. The molecule has 1 atom stereocenters. The third-order valence-corrected chi connectivity index (χ3v) is 5.19. The minimum atomic E-state index is 0.421. The number of ether oxygens (including phenoxy) is 3. The Hall–Kier alpha value is -2.89. The molecule has 4 rings (SSSR count). The number of benzene rings is 2. The SMILES string of the molecule is CN=C(NCC1CCOc2ccccc21)N(C)Cc1ccc2c(c1)OCCO2. The number of nitrogens with zero attached hydrogens (tertiary/aromatic N) is 2. The fourth-order valence-corrected chi connectivity index (χ4v) is 3.76. The highest BCUT2D eigenvalue weighted by Crippen LogP contribution is 2.33. The molecule has 1 unspecified atom stereocenters. The van der Waals surface area contributed by atoms with Crippen molar-refractivity contribution in [2.45, 2.75) is 18.9 Å². The number of para-hydroxylation sites is 1. The number of aliphatic imine (C=N–C) groups is 1. The second-order valence-electron chi connectivity index (χ2n) is 7.13. The fourth-order valence-electron chi connectivity index (χ4n) is 3.76. The number of guanidine groups is 1. The Morgan fingerprint density at radius 1 is 1.04 bits per heavy atom. The summed E-state index contributed by atoms with van der Waals surface area (Å²) >= 11 is 0. The van der Waals surface area contributed by atoms with Gasteiger partial charge in [-0.2, -0.15) is 0 Å². The van der Waals surface area contributed by atoms with E-state index in [1.165, 1.54) is 5.56 Å². The number of hydrogen-bond acceptors (Lipinski definition) is 4. The van der Waals surface area contributed by atoms with Crippen LogP contribution in [0.15, 0.2) is 47.5 Å². The van der Waals surface area contributed by atoms with Crippen LogP contribution in [0.3, 0.4) is 0 Å². The van der Waals surface area contributed by atoms with E-state index in [1.807, 2.05) is 38.4 Å². The van der Waals surface area contributed by atoms with Gasteiger partial charge in [0.2, 0.25) is 0 Å². The molecule has 0 spiro atoms. The highest BCUT2D eigenvalue weighted by Gasteiger charge is 2.21. The maximum atomic E-state index is 5.77. The van der Waals surface area contributed by atoms with Crippen molar-refractivity contribution in [3.8, 4) is 17.2 Å². The van der Waals surface area contributed by atoms with Crippen molar-refractivity contribution in [1.82, 2.24) is 10.2 Å². The molecular formula is C22H27N3O3. The van der Waals surface area contributed by atoms with E-state index in [-0.39, 0.29) is 0 Å². The van der Waals surface area contributed by atoms with Gasteiger partial charge in [-0.3, -0.25) is 4.99 Å². The molecule has 0 aliphatic carbocycles. The minimum absolute atomic E-state index is 0.421. The van der Waals surface area contributed by atoms with Crippen LogP contribution in [0.5, 0.6) is 17.2 Å². The normalized spacial score (nSPS) is 18.1. The number of hydrogen-bond donors (Lipinski definition) is 1. The Labute approximate surface area is 166 Å². The lowest BCUT2D eigenvalue weighted by Crippen LogP contribution is -2.40. The molecule has 2 aromatic rings. The Balaban J connectivity index is 1.38. The first-order chi connectivity index (χ1) is 13.7. The molecule has 0 radical (unpaired) electrons. The predicted octanol–water partition coefficient (Wildman–Crippen LogP) is 3.03. The van der Waals surface area contributed by atoms with E-state index in [0.717, 1.165) is 54.9 Å². The summed E-state index contributed by atoms with van der Waals surface area (Å²) in [6.45, 7) is 3.54. The maximum Gasteiger partial charge on any atom is 0.193 e. The lowest BCUT2D eigenvalue weighted by molar-refractivity contribution is 0.171. The molecule has 28 heavy (non-hydrogen) atoms. The zero-order valence-corrected chi connectivity index (χ0v) is 16.5. The largest absolute Gasteiger partial charge is 0.493 e. The van der Waals surface area contributed by atoms with Crippen LogP contribution in [0, 0.1) is 0 Å². The quantitative estimate of drug-likeness (QED) is 0.652. The first-order valence-corrected chi connectivity index (χ1v) is 9.76. The van der Waals surface area contributed by atoms with Crippen molar-refractivity contribution in [1.29, 1.82) is 0 Å². The minimum Gasteiger partial charge on any atom is -0.493 e. The average Bonchev–Trinajstić information content (AvgIpc) is 2.74. The molecule has 0 aromatic heterocycles. The van der Waals surface area contributed by atoms with E-state index < -0.39 is 0 Å². The summed E-state index contributed by atoms with van der Waals surface area (Å²) < 4.78 is 17.1. The molecule has 2 aromatic carbocycles. The summed E-state index contributed by atoms with van der Waals surface area (Å²) in [6, 6.07) is 14.4. The van der Waals surface area contributed by atoms with Crippen LogP contribution in [0.4, 0.5) is 0 Å². The molecule has 1 N–H and O–H groups in total. The highest BCUT2D eigenvalue weighted by molar-refractivity contribution is 5.79. The Morgan fingerprint density at radius 2 is 1.82 bits per heavy atom. The van der Waals surface area contributed by atoms with Gasteiger partial charge in [0.15, 0.2) is 17.5 Å². The van der Waals surface area contributed by atoms with Crippen molar-refractivity contribution in [2.75, 3.05) is 40.5 Å². The van der Waals surface area contributed by atoms with Gasteiger partial charge in [-0.25, -0.2) is 0 Å². The molecule has 148 valence electrons. The highest BCUT2D eigenvalue weighted by atomic mass is 16.6. The first-order valence-electron chi connectivity index (χ1n) is 9.76. The van der Waals surface area contributed by atoms with E-state index in [0.29, 0.717) is 19.1 Å². The predicted molar refractivity (Wildman–Crippen MR) is 110 cm³/mol. The lowest BCUT2D eigenvalue weighted by atomic mass is 9.93. The van der Waals surface area contributed by atoms with Crippen molar-refractivity contribution in [2.24, 2.45) is 4.99 Å². The van der Waals surface area contributed by atoms with Gasteiger partial charge in [-0.15, -0.1) is 0 Å². The van der Waals surface area contributed by atoms with Gasteiger partial charge < -0.3 is 24.4 Å². The average molecular weight is 381 g/mol. The Kier molecular flexibility index (Phi) is 5.55. The monoisotopic (exact) mass is 381 g/mol. The maximum absolute atomic E-state index is 5.77. The van der Waals surface area contributed by atoms with Crippen LogP contribution >= 0.6 is 0 Å². The van der Waals surface area contributed by atoms with Gasteiger partial charge in [0.05, 0.1) is 6.61 Å². The molecular weight excluding hydrogens is 354 g/mol. The van der Waals surface area contributed by atoms with Gasteiger partial charge in [-0.05, 0) is 35.7 Å². The second-order valence-corrected chi connectivity index (χ2v) is 7.13. The summed E-state index contributed by atoms with van der Waals surface area (Å²) in [7, 11) is 3.87. The lowest BCUT2D eigenvalue weighted by Gasteiger charge is -2.28. The van der Waals surface area contributed by atoms with Gasteiger partial charge in [-0.1, -0.05) is 24.3 Å². The van der Waals surface area contributed by atoms with Gasteiger partial charge in [0, 0.05) is 33.1 Å². The van der Waals surface area contributed by atoms with E-state index in [4.69, 9.17) is 14.2 Å². The number of rotatable bonds is 4. The summed E-state index contributed by atoms with van der Waals surface area (Å²) in [5.41, 5.74) is 2.43. The van der Waals surface area contributed by atoms with Crippen molar-refractivity contribution in [3.05, 3.63) is 53.6 Å². The number of nitrogens with one attached hydrogen (secondary N) is 1. The first kappa shape index (κ1) is 18.5. The molecule has 0 bridgehead atoms. The fraction of sp³-hybridized carbons (Fsp3) is 0.409. The van der Waals surface area contributed by atoms with E-state index >= 15 is 0 Å². The van der Waals surface area contributed by atoms with Crippen LogP contribution < -0.4 is 19.5 Å². The molecule has 0 amide bonds. The van der Waals surface area contributed by atoms with Gasteiger partial charge in [0.25, 0.3) is 0 Å². The molecule has 6 heteroatoms. The van der Waals surface area contributed by atoms with Crippen molar-refractivity contribution < 1.29 is 14.2 Å². The second kappa shape index (κ2) is 8.42. The molecule has 0 saturated carbocycles. The van der Waals surface area contributed by atoms with Crippen LogP contribution in [0.25, 0.3) is 0 Å². The molecule has 6 nitrogen and oxygen atoms in total. The summed E-state index contributed by atoms with van der Waals surface area (Å²) in [6.07, 6.45) is 1.01. The summed E-state index contributed by atoms with van der Waals surface area (Å²) in [5.74, 6) is 3.93. The molecule has 2 aliphatic heterocycles. The molecule has 0 saturated heterocycles. The Bertz CT molecular complexity index is 853. The van der Waals surface area contributed by atoms with Crippen LogP contribution in [-0.4, -0.2) is 51.3 Å². The zero-order valence-electron chi connectivity index (χ0n) is 16.5. The zero-order chi connectivity index (χ0) is 19.3. The van der Waals surface area contributed by atoms with Gasteiger partial charge in [0.1, 0.15) is 19.0 Å². The van der Waals surface area contributed by atoms with Crippen LogP contribution in [0.2, 0.25) is 0 Å². The number of fused-ring (bicyclic) bond motifs is 2. The third kappa shape index (κ3) is 4.01. The topological polar surface area (TPSA) is 55.3 Å². The van der Waals surface area contributed by atoms with Crippen LogP contribution in [-0.2, 0) is 6.54 Å². The Morgan fingerprint density at radius 3 is 2.68 bits per heavy atom.